The van der Waals surface area contributed by atoms with Crippen LogP contribution in [0.15, 0.2) is 410 Å². The van der Waals surface area contributed by atoms with Crippen LogP contribution in [0.4, 0.5) is 51.2 Å². The summed E-state index contributed by atoms with van der Waals surface area (Å²) in [5, 5.41) is 0. The van der Waals surface area contributed by atoms with Crippen LogP contribution in [0, 0.1) is 28.6 Å². The van der Waals surface area contributed by atoms with E-state index in [9.17, 15) is 0 Å². The molecule has 0 radical (unpaired) electrons. The van der Waals surface area contributed by atoms with Gasteiger partial charge in [0.05, 0.1) is 17.1 Å². The average Bonchev–Trinajstić information content (AvgIpc) is 0.685. The number of benzene rings is 14. The molecule has 4 aliphatic carbocycles. The third kappa shape index (κ3) is 11.9. The van der Waals surface area contributed by atoms with Crippen molar-refractivity contribution >= 4 is 79.9 Å². The topological polar surface area (TPSA) is 9.72 Å². The van der Waals surface area contributed by atoms with Crippen molar-refractivity contribution < 1.29 is 0 Å². The lowest BCUT2D eigenvalue weighted by atomic mass is 9.33. The summed E-state index contributed by atoms with van der Waals surface area (Å²) in [7, 11) is 0. The van der Waals surface area contributed by atoms with Crippen LogP contribution in [-0.4, -0.2) is 6.71 Å². The molecule has 0 amide bonds. The standard InChI is InChI=1S/C108H86BN3/c1-107(2,3)85-62-82-48-49-83-63-86(108(4,5)6)68-95-94(65-84(64-85)102(82)103(83)95)81-55-61-98-97(66-81)109-96-60-54-80(73-34-18-9-19-35-73)67-99(96)112(106-92(78-40-24-12-25-41-78)46-29-47-93(106)79-42-26-13-27-43-79)101-70-89(69-100(104(101)109)111(98)105-90(76-36-20-10-21-37-76)44-28-45-91(105)77-38-22-11-23-39-77)110(87-56-50-74(51-57-87)71-30-14-7-15-31-71)88-58-52-75(53-59-88)72-32-16-8-17-33-72/h7-61,63-70,82,102-103H,62H2,1-6H3. The van der Waals surface area contributed by atoms with Crippen LogP contribution in [0.1, 0.15) is 53.5 Å². The first-order chi connectivity index (χ1) is 54.8. The zero-order valence-electron chi connectivity index (χ0n) is 64.2. The minimum absolute atomic E-state index is 0.0177. The van der Waals surface area contributed by atoms with Crippen LogP contribution in [0.25, 0.3) is 83.5 Å². The second kappa shape index (κ2) is 27.5. The molecular formula is C108H86BN3. The molecule has 0 saturated heterocycles. The molecule has 3 unspecified atom stereocenters. The van der Waals surface area contributed by atoms with E-state index in [2.05, 4.69) is 438 Å². The Labute approximate surface area is 660 Å². The normalized spacial score (nSPS) is 16.4. The van der Waals surface area contributed by atoms with Crippen molar-refractivity contribution in [2.24, 2.45) is 28.6 Å². The Kier molecular flexibility index (Phi) is 16.8. The van der Waals surface area contributed by atoms with Crippen molar-refractivity contribution in [1.29, 1.82) is 0 Å². The molecule has 14 aromatic rings. The smallest absolute Gasteiger partial charge is 0.252 e. The van der Waals surface area contributed by atoms with Crippen molar-refractivity contribution in [3.63, 3.8) is 0 Å². The lowest BCUT2D eigenvalue weighted by Gasteiger charge is -2.48. The number of hydrogen-bond acceptors (Lipinski definition) is 3. The van der Waals surface area contributed by atoms with E-state index >= 15 is 0 Å². The first-order valence-corrected chi connectivity index (χ1v) is 39.8. The minimum atomic E-state index is -0.292. The van der Waals surface area contributed by atoms with E-state index in [-0.39, 0.29) is 23.5 Å². The zero-order valence-corrected chi connectivity index (χ0v) is 64.2. The van der Waals surface area contributed by atoms with Gasteiger partial charge in [-0.05, 0) is 177 Å². The number of hydrogen-bond donors (Lipinski definition) is 0. The van der Waals surface area contributed by atoms with Gasteiger partial charge >= 0.3 is 0 Å². The highest BCUT2D eigenvalue weighted by molar-refractivity contribution is 7.00. The highest BCUT2D eigenvalue weighted by Crippen LogP contribution is 2.59. The Bertz CT molecular complexity index is 6000. The van der Waals surface area contributed by atoms with E-state index in [0.29, 0.717) is 11.8 Å². The van der Waals surface area contributed by atoms with E-state index in [4.69, 9.17) is 0 Å². The quantitative estimate of drug-likeness (QED) is 0.107. The fourth-order valence-electron chi connectivity index (χ4n) is 18.8. The maximum atomic E-state index is 2.71. The van der Waals surface area contributed by atoms with Crippen LogP contribution in [0.5, 0.6) is 0 Å². The molecule has 0 fully saturated rings. The van der Waals surface area contributed by atoms with Gasteiger partial charge in [0.1, 0.15) is 0 Å². The molecule has 0 bridgehead atoms. The van der Waals surface area contributed by atoms with Gasteiger partial charge in [-0.3, -0.25) is 0 Å². The summed E-state index contributed by atoms with van der Waals surface area (Å²) >= 11 is 0. The average molecular weight is 1440 g/mol. The molecule has 0 spiro atoms. The largest absolute Gasteiger partial charge is 0.310 e. The fraction of sp³-hybridized carbons (Fsp3) is 0.111. The number of nitrogens with zero attached hydrogens (tertiary/aromatic N) is 3. The first kappa shape index (κ1) is 68.3. The van der Waals surface area contributed by atoms with Gasteiger partial charge in [0, 0.05) is 68.2 Å². The SMILES string of the molecule is CC(C)(C)C1=CC2=C(c3ccc4c(c3)B3c5ccc(-c6ccccc6)cc5N(c5c(-c6ccccc6)cccc5-c5ccccc5)c5cc(N(c6ccc(-c7ccccc7)cc6)c6ccc(-c7ccccc7)cc6)cc(c53)N4c3c(-c4ccccc4)cccc3-c3ccccc3)C=C3C=C(C(C)(C)C)CC4C=CC(=C1)C2C34. The summed E-state index contributed by atoms with van der Waals surface area (Å²) in [6, 6.07) is 130. The second-order valence-electron chi connectivity index (χ2n) is 33.1. The molecule has 6 aliphatic rings. The van der Waals surface area contributed by atoms with Crippen molar-refractivity contribution in [2.45, 2.75) is 48.0 Å². The lowest BCUT2D eigenvalue weighted by Crippen LogP contribution is -2.61. The van der Waals surface area contributed by atoms with Gasteiger partial charge in [-0.1, -0.05) is 381 Å². The Hall–Kier alpha value is -13.0. The molecule has 3 nitrogen and oxygen atoms in total. The van der Waals surface area contributed by atoms with E-state index < -0.39 is 0 Å². The van der Waals surface area contributed by atoms with Crippen LogP contribution in [0.2, 0.25) is 0 Å². The molecule has 0 aromatic heterocycles. The fourth-order valence-corrected chi connectivity index (χ4v) is 18.8. The van der Waals surface area contributed by atoms with Crippen molar-refractivity contribution in [1.82, 2.24) is 0 Å². The van der Waals surface area contributed by atoms with Crippen molar-refractivity contribution in [2.75, 3.05) is 14.7 Å². The number of allylic oxidation sites excluding steroid dienone is 12. The van der Waals surface area contributed by atoms with Crippen LogP contribution in [-0.2, 0) is 0 Å². The van der Waals surface area contributed by atoms with Gasteiger partial charge in [0.2, 0.25) is 0 Å². The van der Waals surface area contributed by atoms with Crippen molar-refractivity contribution in [3.05, 3.63) is 416 Å². The number of rotatable bonds is 13. The number of para-hydroxylation sites is 2. The van der Waals surface area contributed by atoms with Gasteiger partial charge in [-0.2, -0.15) is 0 Å². The Balaban J connectivity index is 0.949. The molecule has 2 aliphatic heterocycles. The predicted octanol–water partition coefficient (Wildman–Crippen LogP) is 27.3. The predicted molar refractivity (Wildman–Crippen MR) is 476 cm³/mol. The Morgan fingerprint density at radius 1 is 0.321 bits per heavy atom. The summed E-state index contributed by atoms with van der Waals surface area (Å²) in [6.45, 7) is 14.1. The minimum Gasteiger partial charge on any atom is -0.310 e. The molecule has 0 N–H and O–H groups in total. The molecule has 0 saturated carbocycles. The molecular weight excluding hydrogens is 1350 g/mol. The molecule has 4 heteroatoms. The summed E-state index contributed by atoms with van der Waals surface area (Å²) in [5.41, 5.74) is 39.1. The van der Waals surface area contributed by atoms with Gasteiger partial charge in [-0.15, -0.1) is 0 Å². The maximum Gasteiger partial charge on any atom is 0.252 e. The van der Waals surface area contributed by atoms with E-state index in [1.54, 1.807) is 0 Å². The third-order valence-corrected chi connectivity index (χ3v) is 24.4. The van der Waals surface area contributed by atoms with Crippen LogP contribution in [0.3, 0.4) is 0 Å². The zero-order chi connectivity index (χ0) is 75.3. The maximum absolute atomic E-state index is 2.71. The molecule has 20 rings (SSSR count). The third-order valence-electron chi connectivity index (χ3n) is 24.4. The summed E-state index contributed by atoms with van der Waals surface area (Å²) in [5.74, 6) is 0.970. The molecule has 536 valence electrons. The highest BCUT2D eigenvalue weighted by atomic mass is 15.2. The number of fused-ring (bicyclic) bond motifs is 4. The highest BCUT2D eigenvalue weighted by Gasteiger charge is 2.49. The second-order valence-corrected chi connectivity index (χ2v) is 33.1. The molecule has 2 heterocycles. The summed E-state index contributed by atoms with van der Waals surface area (Å²) in [4.78, 5) is 7.93. The molecule has 3 atom stereocenters. The van der Waals surface area contributed by atoms with E-state index in [1.807, 2.05) is 0 Å². The first-order valence-electron chi connectivity index (χ1n) is 39.8. The van der Waals surface area contributed by atoms with Crippen molar-refractivity contribution in [3.8, 4) is 77.9 Å². The summed E-state index contributed by atoms with van der Waals surface area (Å²) < 4.78 is 0. The molecule has 112 heavy (non-hydrogen) atoms. The van der Waals surface area contributed by atoms with Gasteiger partial charge < -0.3 is 14.7 Å². The van der Waals surface area contributed by atoms with Gasteiger partial charge in [0.25, 0.3) is 6.71 Å². The Morgan fingerprint density at radius 2 is 0.741 bits per heavy atom. The lowest BCUT2D eigenvalue weighted by molar-refractivity contribution is 0.328. The number of anilines is 9. The Morgan fingerprint density at radius 3 is 1.20 bits per heavy atom. The monoisotopic (exact) mass is 1440 g/mol. The van der Waals surface area contributed by atoms with Crippen LogP contribution < -0.4 is 31.1 Å². The van der Waals surface area contributed by atoms with Gasteiger partial charge in [0.15, 0.2) is 0 Å². The van der Waals surface area contributed by atoms with Crippen LogP contribution >= 0.6 is 0 Å². The van der Waals surface area contributed by atoms with Gasteiger partial charge in [-0.25, -0.2) is 0 Å². The van der Waals surface area contributed by atoms with E-state index in [1.165, 1.54) is 66.5 Å². The molecule has 14 aromatic carbocycles. The van der Waals surface area contributed by atoms with E-state index in [0.717, 1.165) is 124 Å². The summed E-state index contributed by atoms with van der Waals surface area (Å²) in [6.07, 6.45) is 16.6.